The average molecular weight is 318 g/mol. The molecule has 1 aliphatic heterocycles. The van der Waals surface area contributed by atoms with Crippen molar-refractivity contribution in [3.63, 3.8) is 0 Å². The van der Waals surface area contributed by atoms with Crippen LogP contribution in [0.3, 0.4) is 0 Å². The van der Waals surface area contributed by atoms with Gasteiger partial charge in [-0.2, -0.15) is 0 Å². The van der Waals surface area contributed by atoms with Gasteiger partial charge in [0.25, 0.3) is 0 Å². The van der Waals surface area contributed by atoms with Crippen molar-refractivity contribution in [2.45, 2.75) is 12.8 Å². The first-order valence-corrected chi connectivity index (χ1v) is 7.36. The molecule has 6 heteroatoms. The summed E-state index contributed by atoms with van der Waals surface area (Å²) >= 11 is 11.8. The van der Waals surface area contributed by atoms with Gasteiger partial charge in [0.2, 0.25) is 5.91 Å². The lowest BCUT2D eigenvalue weighted by molar-refractivity contribution is -0.135. The molecule has 2 rings (SSSR count). The van der Waals surface area contributed by atoms with E-state index >= 15 is 0 Å². The highest BCUT2D eigenvalue weighted by molar-refractivity contribution is 6.35. The Balaban J connectivity index is 1.69. The van der Waals surface area contributed by atoms with Crippen LogP contribution in [0.4, 0.5) is 0 Å². The molecule has 0 N–H and O–H groups in total. The molecule has 0 saturated carbocycles. The minimum atomic E-state index is 0.152. The van der Waals surface area contributed by atoms with Gasteiger partial charge in [-0.05, 0) is 24.6 Å². The molecule has 1 saturated heterocycles. The Hall–Kier alpha value is -0.970. The first kappa shape index (κ1) is 15.4. The Morgan fingerprint density at radius 1 is 1.30 bits per heavy atom. The molecular weight excluding hydrogens is 301 g/mol. The molecule has 0 aromatic heterocycles. The van der Waals surface area contributed by atoms with Gasteiger partial charge >= 0.3 is 0 Å². The van der Waals surface area contributed by atoms with Crippen molar-refractivity contribution in [3.05, 3.63) is 28.2 Å². The van der Waals surface area contributed by atoms with Gasteiger partial charge in [-0.3, -0.25) is 4.79 Å². The Morgan fingerprint density at radius 2 is 2.05 bits per heavy atom. The Kier molecular flexibility index (Phi) is 5.95. The van der Waals surface area contributed by atoms with E-state index in [0.29, 0.717) is 61.5 Å². The number of rotatable bonds is 5. The van der Waals surface area contributed by atoms with E-state index in [1.54, 1.807) is 18.2 Å². The topological polar surface area (TPSA) is 38.8 Å². The van der Waals surface area contributed by atoms with Crippen molar-refractivity contribution in [1.29, 1.82) is 0 Å². The fourth-order valence-electron chi connectivity index (χ4n) is 1.97. The summed E-state index contributed by atoms with van der Waals surface area (Å²) in [4.78, 5) is 13.7. The summed E-state index contributed by atoms with van der Waals surface area (Å²) in [5.41, 5.74) is 0. The average Bonchev–Trinajstić information content (AvgIpc) is 2.46. The molecule has 1 amide bonds. The summed E-state index contributed by atoms with van der Waals surface area (Å²) in [7, 11) is 0. The molecule has 0 aliphatic carbocycles. The van der Waals surface area contributed by atoms with Gasteiger partial charge in [0, 0.05) is 24.5 Å². The zero-order valence-electron chi connectivity index (χ0n) is 11.1. The number of halogens is 2. The van der Waals surface area contributed by atoms with E-state index in [2.05, 4.69) is 0 Å². The fraction of sp³-hybridized carbons (Fsp3) is 0.500. The highest BCUT2D eigenvalue weighted by atomic mass is 35.5. The second kappa shape index (κ2) is 7.72. The van der Waals surface area contributed by atoms with Crippen LogP contribution < -0.4 is 4.74 Å². The lowest BCUT2D eigenvalue weighted by Gasteiger charge is -2.26. The molecule has 1 fully saturated rings. The summed E-state index contributed by atoms with van der Waals surface area (Å²) in [6.07, 6.45) is 1.14. The SMILES string of the molecule is O=C(CCCOc1ccc(Cl)cc1Cl)N1CCOCC1. The summed E-state index contributed by atoms with van der Waals surface area (Å²) in [6, 6.07) is 5.09. The summed E-state index contributed by atoms with van der Waals surface area (Å²) in [5, 5.41) is 1.06. The van der Waals surface area contributed by atoms with Crippen molar-refractivity contribution in [1.82, 2.24) is 4.90 Å². The van der Waals surface area contributed by atoms with Gasteiger partial charge in [0.05, 0.1) is 24.8 Å². The number of carbonyl (C=O) groups excluding carboxylic acids is 1. The number of amides is 1. The maximum Gasteiger partial charge on any atom is 0.222 e. The number of nitrogens with zero attached hydrogens (tertiary/aromatic N) is 1. The normalized spacial score (nSPS) is 15.2. The van der Waals surface area contributed by atoms with Crippen molar-refractivity contribution < 1.29 is 14.3 Å². The molecule has 110 valence electrons. The number of morpholine rings is 1. The second-order valence-corrected chi connectivity index (χ2v) is 5.36. The number of carbonyl (C=O) groups is 1. The van der Waals surface area contributed by atoms with E-state index in [0.717, 1.165) is 0 Å². The summed E-state index contributed by atoms with van der Waals surface area (Å²) < 4.78 is 10.8. The van der Waals surface area contributed by atoms with Crippen LogP contribution in [0.1, 0.15) is 12.8 Å². The van der Waals surface area contributed by atoms with Crippen LogP contribution in [-0.4, -0.2) is 43.7 Å². The predicted molar refractivity (Wildman–Crippen MR) is 78.6 cm³/mol. The third-order valence-corrected chi connectivity index (χ3v) is 3.58. The smallest absolute Gasteiger partial charge is 0.222 e. The number of benzene rings is 1. The Morgan fingerprint density at radius 3 is 2.75 bits per heavy atom. The van der Waals surface area contributed by atoms with Gasteiger partial charge in [-0.1, -0.05) is 23.2 Å². The quantitative estimate of drug-likeness (QED) is 0.784. The minimum absolute atomic E-state index is 0.152. The van der Waals surface area contributed by atoms with E-state index in [1.807, 2.05) is 4.90 Å². The molecular formula is C14H17Cl2NO3. The molecule has 1 aromatic carbocycles. The van der Waals surface area contributed by atoms with E-state index in [-0.39, 0.29) is 5.91 Å². The molecule has 0 radical (unpaired) electrons. The Labute approximate surface area is 128 Å². The highest BCUT2D eigenvalue weighted by Gasteiger charge is 2.16. The van der Waals surface area contributed by atoms with Gasteiger partial charge in [0.1, 0.15) is 5.75 Å². The molecule has 1 heterocycles. The van der Waals surface area contributed by atoms with Gasteiger partial charge in [-0.15, -0.1) is 0 Å². The lowest BCUT2D eigenvalue weighted by atomic mass is 10.2. The zero-order chi connectivity index (χ0) is 14.4. The molecule has 0 spiro atoms. The van der Waals surface area contributed by atoms with Gasteiger partial charge in [-0.25, -0.2) is 0 Å². The monoisotopic (exact) mass is 317 g/mol. The van der Waals surface area contributed by atoms with Crippen LogP contribution >= 0.6 is 23.2 Å². The molecule has 4 nitrogen and oxygen atoms in total. The number of hydrogen-bond donors (Lipinski definition) is 0. The van der Waals surface area contributed by atoms with E-state index in [9.17, 15) is 4.79 Å². The third-order valence-electron chi connectivity index (χ3n) is 3.05. The van der Waals surface area contributed by atoms with Crippen LogP contribution in [0.15, 0.2) is 18.2 Å². The van der Waals surface area contributed by atoms with Crippen LogP contribution in [-0.2, 0) is 9.53 Å². The molecule has 20 heavy (non-hydrogen) atoms. The first-order valence-electron chi connectivity index (χ1n) is 6.60. The maximum atomic E-state index is 11.9. The molecule has 1 aromatic rings. The zero-order valence-corrected chi connectivity index (χ0v) is 12.6. The van der Waals surface area contributed by atoms with E-state index in [1.165, 1.54) is 0 Å². The number of hydrogen-bond acceptors (Lipinski definition) is 3. The second-order valence-electron chi connectivity index (χ2n) is 4.52. The molecule has 0 unspecified atom stereocenters. The van der Waals surface area contributed by atoms with Crippen LogP contribution in [0, 0.1) is 0 Å². The molecule has 1 aliphatic rings. The van der Waals surface area contributed by atoms with Crippen molar-refractivity contribution in [3.8, 4) is 5.75 Å². The van der Waals surface area contributed by atoms with E-state index in [4.69, 9.17) is 32.7 Å². The van der Waals surface area contributed by atoms with Crippen LogP contribution in [0.25, 0.3) is 0 Å². The highest BCUT2D eigenvalue weighted by Crippen LogP contribution is 2.27. The third kappa shape index (κ3) is 4.54. The fourth-order valence-corrected chi connectivity index (χ4v) is 2.43. The standard InChI is InChI=1S/C14H17Cl2NO3/c15-11-3-4-13(12(16)10-11)20-7-1-2-14(18)17-5-8-19-9-6-17/h3-4,10H,1-2,5-9H2. The Bertz CT molecular complexity index is 462. The predicted octanol–water partition coefficient (Wildman–Crippen LogP) is 3.01. The minimum Gasteiger partial charge on any atom is -0.492 e. The summed E-state index contributed by atoms with van der Waals surface area (Å²) in [6.45, 7) is 3.08. The van der Waals surface area contributed by atoms with Gasteiger partial charge < -0.3 is 14.4 Å². The molecule has 0 bridgehead atoms. The number of ether oxygens (including phenoxy) is 2. The largest absolute Gasteiger partial charge is 0.492 e. The van der Waals surface area contributed by atoms with E-state index < -0.39 is 0 Å². The maximum absolute atomic E-state index is 11.9. The van der Waals surface area contributed by atoms with Gasteiger partial charge in [0.15, 0.2) is 0 Å². The summed E-state index contributed by atoms with van der Waals surface area (Å²) in [5.74, 6) is 0.744. The first-order chi connectivity index (χ1) is 9.66. The lowest BCUT2D eigenvalue weighted by Crippen LogP contribution is -2.40. The van der Waals surface area contributed by atoms with Crippen LogP contribution in [0.5, 0.6) is 5.75 Å². The van der Waals surface area contributed by atoms with Crippen molar-refractivity contribution in [2.24, 2.45) is 0 Å². The molecule has 0 atom stereocenters. The van der Waals surface area contributed by atoms with Crippen molar-refractivity contribution >= 4 is 29.1 Å². The van der Waals surface area contributed by atoms with Crippen molar-refractivity contribution in [2.75, 3.05) is 32.9 Å². The van der Waals surface area contributed by atoms with Crippen LogP contribution in [0.2, 0.25) is 10.0 Å².